The van der Waals surface area contributed by atoms with Crippen molar-refractivity contribution in [3.8, 4) is 5.75 Å². The summed E-state index contributed by atoms with van der Waals surface area (Å²) in [7, 11) is -3.60. The van der Waals surface area contributed by atoms with E-state index in [0.29, 0.717) is 30.2 Å². The number of carbonyl (C=O) groups is 1. The topological polar surface area (TPSA) is 118 Å². The number of benzene rings is 2. The molecule has 4 rings (SSSR count). The van der Waals surface area contributed by atoms with Gasteiger partial charge in [-0.1, -0.05) is 24.6 Å². The lowest BCUT2D eigenvalue weighted by molar-refractivity contribution is -0.132. The molecule has 2 N–H and O–H groups in total. The smallest absolute Gasteiger partial charge is 0.265 e. The van der Waals surface area contributed by atoms with Crippen LogP contribution in [0, 0.1) is 0 Å². The normalized spacial score (nSPS) is 20.4. The predicted molar refractivity (Wildman–Crippen MR) is 136 cm³/mol. The van der Waals surface area contributed by atoms with Gasteiger partial charge >= 0.3 is 0 Å². The average Bonchev–Trinajstić information content (AvgIpc) is 3.35. The van der Waals surface area contributed by atoms with Crippen molar-refractivity contribution in [2.75, 3.05) is 38.7 Å². The first-order valence-corrected chi connectivity index (χ1v) is 14.0. The van der Waals surface area contributed by atoms with E-state index < -0.39 is 15.4 Å². The second kappa shape index (κ2) is 11.9. The fraction of sp³-hybridized carbons (Fsp3) is 0.462. The quantitative estimate of drug-likeness (QED) is 0.441. The van der Waals surface area contributed by atoms with Gasteiger partial charge in [-0.05, 0) is 55.7 Å². The van der Waals surface area contributed by atoms with Crippen molar-refractivity contribution < 1.29 is 27.8 Å². The molecular weight excluding hydrogens is 482 g/mol. The summed E-state index contributed by atoms with van der Waals surface area (Å²) in [6, 6.07) is 15.3. The van der Waals surface area contributed by atoms with Gasteiger partial charge in [0.25, 0.3) is 5.91 Å². The number of aliphatic imine (C=N–C) groups is 1. The molecule has 0 bridgehead atoms. The van der Waals surface area contributed by atoms with Crippen LogP contribution in [0.3, 0.4) is 0 Å². The number of nitrogens with zero attached hydrogens (tertiary/aromatic N) is 2. The van der Waals surface area contributed by atoms with Gasteiger partial charge in [0, 0.05) is 31.7 Å². The molecular formula is C26H33N3O6S. The third kappa shape index (κ3) is 6.43. The van der Waals surface area contributed by atoms with Gasteiger partial charge in [-0.3, -0.25) is 10.2 Å². The first-order chi connectivity index (χ1) is 17.4. The number of ether oxygens (including phenoxy) is 2. The number of aliphatic hydroxyl groups excluding tert-OH is 1. The first kappa shape index (κ1) is 26.1. The molecule has 1 amide bonds. The minimum atomic E-state index is -3.60. The number of hydrazine groups is 1. The van der Waals surface area contributed by atoms with E-state index in [1.807, 2.05) is 5.01 Å². The lowest BCUT2D eigenvalue weighted by Crippen LogP contribution is -2.55. The second-order valence-corrected chi connectivity index (χ2v) is 11.2. The lowest BCUT2D eigenvalue weighted by atomic mass is 9.97. The summed E-state index contributed by atoms with van der Waals surface area (Å²) in [5.74, 6) is 0.352. The molecule has 1 saturated heterocycles. The highest BCUT2D eigenvalue weighted by Crippen LogP contribution is 2.29. The van der Waals surface area contributed by atoms with Gasteiger partial charge in [0.1, 0.15) is 12.4 Å². The fourth-order valence-electron chi connectivity index (χ4n) is 4.20. The Labute approximate surface area is 212 Å². The van der Waals surface area contributed by atoms with Gasteiger partial charge in [-0.15, -0.1) is 0 Å². The summed E-state index contributed by atoms with van der Waals surface area (Å²) >= 11 is 0. The van der Waals surface area contributed by atoms with E-state index in [9.17, 15) is 13.2 Å². The van der Waals surface area contributed by atoms with Crippen LogP contribution in [-0.4, -0.2) is 74.5 Å². The minimum Gasteiger partial charge on any atom is -0.494 e. The Hall–Kier alpha value is -2.95. The molecule has 0 spiro atoms. The zero-order valence-corrected chi connectivity index (χ0v) is 21.1. The third-order valence-corrected chi connectivity index (χ3v) is 8.09. The molecule has 2 aromatic carbocycles. The van der Waals surface area contributed by atoms with Crippen molar-refractivity contribution in [3.05, 3.63) is 60.2 Å². The molecule has 2 heterocycles. The summed E-state index contributed by atoms with van der Waals surface area (Å²) in [5, 5.41) is 10.8. The number of hydrogen-bond donors (Lipinski definition) is 2. The van der Waals surface area contributed by atoms with Crippen molar-refractivity contribution in [3.63, 3.8) is 0 Å². The standard InChI is InChI=1S/C26H33N3O6S/c30-17-7-18-34-22-12-10-21(11-13-22)24-27-26(20-35-24,25(31)28-29-15-5-2-6-16-29)14-19-36(32,33)23-8-3-1-4-9-23/h1,3-4,8-13,30H,2,5-7,14-20H2,(H,28,31)/t26-/m0/s1. The number of rotatable bonds is 11. The first-order valence-electron chi connectivity index (χ1n) is 12.3. The van der Waals surface area contributed by atoms with Crippen LogP contribution in [0.2, 0.25) is 0 Å². The molecule has 0 saturated carbocycles. The highest BCUT2D eigenvalue weighted by atomic mass is 32.2. The molecule has 0 unspecified atom stereocenters. The van der Waals surface area contributed by atoms with Crippen LogP contribution < -0.4 is 10.2 Å². The van der Waals surface area contributed by atoms with Crippen LogP contribution in [0.15, 0.2) is 64.5 Å². The Bertz CT molecular complexity index is 1150. The summed E-state index contributed by atoms with van der Waals surface area (Å²) in [6.45, 7) is 1.92. The number of carbonyl (C=O) groups excluding carboxylic acids is 1. The summed E-state index contributed by atoms with van der Waals surface area (Å²) in [5.41, 5.74) is 2.27. The number of nitrogens with one attached hydrogen (secondary N) is 1. The monoisotopic (exact) mass is 515 g/mol. The van der Waals surface area contributed by atoms with Crippen molar-refractivity contribution in [2.24, 2.45) is 4.99 Å². The van der Waals surface area contributed by atoms with Crippen LogP contribution in [0.4, 0.5) is 0 Å². The third-order valence-electron chi connectivity index (χ3n) is 6.36. The van der Waals surface area contributed by atoms with Crippen molar-refractivity contribution in [1.29, 1.82) is 0 Å². The fourth-order valence-corrected chi connectivity index (χ4v) is 5.62. The maximum atomic E-state index is 13.5. The number of hydrogen-bond acceptors (Lipinski definition) is 8. The number of amides is 1. The molecule has 9 nitrogen and oxygen atoms in total. The van der Waals surface area contributed by atoms with Crippen molar-refractivity contribution in [1.82, 2.24) is 10.4 Å². The van der Waals surface area contributed by atoms with Crippen LogP contribution in [0.25, 0.3) is 0 Å². The van der Waals surface area contributed by atoms with Gasteiger partial charge in [-0.2, -0.15) is 0 Å². The van der Waals surface area contributed by atoms with Gasteiger partial charge in [0.05, 0.1) is 17.3 Å². The SMILES string of the molecule is O=C(NN1CCCCC1)[C@]1(CCS(=O)(=O)c2ccccc2)COC(c2ccc(OCCCO)cc2)=N1. The minimum absolute atomic E-state index is 0.00421. The van der Waals surface area contributed by atoms with E-state index >= 15 is 0 Å². The lowest BCUT2D eigenvalue weighted by Gasteiger charge is -2.31. The molecule has 0 aliphatic carbocycles. The summed E-state index contributed by atoms with van der Waals surface area (Å²) in [4.78, 5) is 18.4. The van der Waals surface area contributed by atoms with E-state index in [1.165, 1.54) is 0 Å². The highest BCUT2D eigenvalue weighted by molar-refractivity contribution is 7.91. The van der Waals surface area contributed by atoms with Crippen LogP contribution >= 0.6 is 0 Å². The van der Waals surface area contributed by atoms with Crippen LogP contribution in [-0.2, 0) is 19.4 Å². The summed E-state index contributed by atoms with van der Waals surface area (Å²) in [6.07, 6.45) is 3.65. The zero-order chi connectivity index (χ0) is 25.4. The molecule has 36 heavy (non-hydrogen) atoms. The maximum absolute atomic E-state index is 13.5. The molecule has 1 atom stereocenters. The molecule has 0 aromatic heterocycles. The molecule has 2 aliphatic rings. The molecule has 10 heteroatoms. The van der Waals surface area contributed by atoms with Crippen LogP contribution in [0.5, 0.6) is 5.75 Å². The number of piperidine rings is 1. The zero-order valence-electron chi connectivity index (χ0n) is 20.3. The second-order valence-electron chi connectivity index (χ2n) is 9.06. The van der Waals surface area contributed by atoms with E-state index in [0.717, 1.165) is 32.4 Å². The van der Waals surface area contributed by atoms with E-state index in [2.05, 4.69) is 10.4 Å². The average molecular weight is 516 g/mol. The van der Waals surface area contributed by atoms with Crippen LogP contribution in [0.1, 0.15) is 37.7 Å². The van der Waals surface area contributed by atoms with Gasteiger partial charge < -0.3 is 14.6 Å². The Kier molecular flexibility index (Phi) is 8.60. The molecule has 0 radical (unpaired) electrons. The molecule has 1 fully saturated rings. The molecule has 2 aliphatic heterocycles. The van der Waals surface area contributed by atoms with E-state index in [4.69, 9.17) is 14.6 Å². The largest absolute Gasteiger partial charge is 0.494 e. The number of sulfone groups is 1. The van der Waals surface area contributed by atoms with E-state index in [1.54, 1.807) is 54.6 Å². The van der Waals surface area contributed by atoms with Gasteiger partial charge in [0.2, 0.25) is 5.90 Å². The maximum Gasteiger partial charge on any atom is 0.265 e. The molecule has 2 aromatic rings. The van der Waals surface area contributed by atoms with E-state index in [-0.39, 0.29) is 36.2 Å². The Morgan fingerprint density at radius 1 is 1.08 bits per heavy atom. The Balaban J connectivity index is 1.54. The van der Waals surface area contributed by atoms with Crippen molar-refractivity contribution >= 4 is 21.6 Å². The van der Waals surface area contributed by atoms with Crippen molar-refractivity contribution in [2.45, 2.75) is 42.5 Å². The van der Waals surface area contributed by atoms with Gasteiger partial charge in [0.15, 0.2) is 15.4 Å². The predicted octanol–water partition coefficient (Wildman–Crippen LogP) is 2.34. The highest BCUT2D eigenvalue weighted by Gasteiger charge is 2.45. The number of aliphatic hydroxyl groups is 1. The van der Waals surface area contributed by atoms with Gasteiger partial charge in [-0.25, -0.2) is 18.4 Å². The Morgan fingerprint density at radius 3 is 2.50 bits per heavy atom. The molecule has 194 valence electrons. The Morgan fingerprint density at radius 2 is 1.81 bits per heavy atom. The summed E-state index contributed by atoms with van der Waals surface area (Å²) < 4.78 is 37.4.